The summed E-state index contributed by atoms with van der Waals surface area (Å²) in [5.41, 5.74) is 0.634. The van der Waals surface area contributed by atoms with Gasteiger partial charge in [-0.2, -0.15) is 18.2 Å². The molecular weight excluding hydrogens is 678 g/mol. The number of aromatic nitrogens is 3. The SMILES string of the molecule is CN1CCC(S(=O)(=O)c2ccccc2-c2cc3cnc(Nc4ccc(C5CCNCC5)cc4)nc3n(Cc3ccccc3C(F)(F)F)c2=O)CC1. The van der Waals surface area contributed by atoms with E-state index in [0.29, 0.717) is 42.9 Å². The molecule has 266 valence electrons. The van der Waals surface area contributed by atoms with Gasteiger partial charge in [0.2, 0.25) is 5.95 Å². The number of rotatable bonds is 8. The fourth-order valence-corrected chi connectivity index (χ4v) is 9.14. The Hall–Kier alpha value is -4.59. The zero-order valence-electron chi connectivity index (χ0n) is 28.2. The van der Waals surface area contributed by atoms with Gasteiger partial charge in [0, 0.05) is 28.4 Å². The Morgan fingerprint density at radius 1 is 0.902 bits per heavy atom. The Bertz CT molecular complexity index is 2210. The summed E-state index contributed by atoms with van der Waals surface area (Å²) in [7, 11) is -1.91. The van der Waals surface area contributed by atoms with Gasteiger partial charge in [-0.25, -0.2) is 13.4 Å². The maximum absolute atomic E-state index is 14.5. The van der Waals surface area contributed by atoms with E-state index in [1.807, 2.05) is 19.2 Å². The van der Waals surface area contributed by atoms with E-state index in [9.17, 15) is 26.4 Å². The smallest absolute Gasteiger partial charge is 0.324 e. The first-order valence-corrected chi connectivity index (χ1v) is 18.7. The molecule has 3 aromatic carbocycles. The van der Waals surface area contributed by atoms with Crippen molar-refractivity contribution in [2.45, 2.75) is 54.5 Å². The Morgan fingerprint density at radius 3 is 2.31 bits per heavy atom. The molecule has 0 spiro atoms. The van der Waals surface area contributed by atoms with E-state index in [0.717, 1.165) is 32.0 Å². The summed E-state index contributed by atoms with van der Waals surface area (Å²) in [5.74, 6) is 0.636. The minimum atomic E-state index is -4.66. The number of anilines is 2. The first-order valence-electron chi connectivity index (χ1n) is 17.1. The number of pyridine rings is 1. The van der Waals surface area contributed by atoms with Crippen LogP contribution in [0.5, 0.6) is 0 Å². The lowest BCUT2D eigenvalue weighted by atomic mass is 9.90. The van der Waals surface area contributed by atoms with E-state index in [2.05, 4.69) is 37.6 Å². The van der Waals surface area contributed by atoms with E-state index < -0.39 is 38.9 Å². The third-order valence-corrected chi connectivity index (χ3v) is 12.4. The number of sulfone groups is 1. The first kappa shape index (κ1) is 34.8. The van der Waals surface area contributed by atoms with Crippen LogP contribution in [0.15, 0.2) is 94.7 Å². The van der Waals surface area contributed by atoms with Gasteiger partial charge in [0.05, 0.1) is 22.3 Å². The Morgan fingerprint density at radius 2 is 1.59 bits per heavy atom. The van der Waals surface area contributed by atoms with Crippen LogP contribution in [0.4, 0.5) is 24.8 Å². The zero-order chi connectivity index (χ0) is 35.8. The lowest BCUT2D eigenvalue weighted by molar-refractivity contribution is -0.138. The second-order valence-electron chi connectivity index (χ2n) is 13.4. The van der Waals surface area contributed by atoms with Crippen LogP contribution < -0.4 is 16.2 Å². The monoisotopic (exact) mass is 716 g/mol. The molecule has 2 aromatic heterocycles. The van der Waals surface area contributed by atoms with Crippen LogP contribution in [0.3, 0.4) is 0 Å². The third-order valence-electron chi connectivity index (χ3n) is 10.0. The van der Waals surface area contributed by atoms with Crippen LogP contribution in [0.25, 0.3) is 22.2 Å². The maximum Gasteiger partial charge on any atom is 0.416 e. The average Bonchev–Trinajstić information content (AvgIpc) is 3.13. The molecule has 7 rings (SSSR count). The summed E-state index contributed by atoms with van der Waals surface area (Å²) in [6, 6.07) is 20.9. The van der Waals surface area contributed by atoms with Gasteiger partial charge in [0.25, 0.3) is 5.56 Å². The number of benzene rings is 3. The highest BCUT2D eigenvalue weighted by atomic mass is 32.2. The highest BCUT2D eigenvalue weighted by Gasteiger charge is 2.35. The van der Waals surface area contributed by atoms with Crippen LogP contribution in [0.1, 0.15) is 48.3 Å². The Labute approximate surface area is 294 Å². The van der Waals surface area contributed by atoms with E-state index in [-0.39, 0.29) is 33.2 Å². The van der Waals surface area contributed by atoms with Gasteiger partial charge in [-0.3, -0.25) is 9.36 Å². The number of fused-ring (bicyclic) bond motifs is 1. The molecule has 0 atom stereocenters. The number of nitrogens with zero attached hydrogens (tertiary/aromatic N) is 4. The first-order chi connectivity index (χ1) is 24.5. The number of likely N-dealkylation sites (tertiary alicyclic amines) is 1. The Kier molecular flexibility index (Phi) is 9.70. The topological polar surface area (TPSA) is 109 Å². The number of nitrogens with one attached hydrogen (secondary N) is 2. The second-order valence-corrected chi connectivity index (χ2v) is 15.6. The van der Waals surface area contributed by atoms with Crippen molar-refractivity contribution in [2.24, 2.45) is 0 Å². The van der Waals surface area contributed by atoms with Crippen molar-refractivity contribution < 1.29 is 21.6 Å². The molecule has 0 radical (unpaired) electrons. The summed E-state index contributed by atoms with van der Waals surface area (Å²) < 4.78 is 71.7. The minimum absolute atomic E-state index is 0.0189. The lowest BCUT2D eigenvalue weighted by Crippen LogP contribution is -2.37. The van der Waals surface area contributed by atoms with Crippen molar-refractivity contribution in [3.8, 4) is 11.1 Å². The number of alkyl halides is 3. The number of hydrogen-bond acceptors (Lipinski definition) is 8. The molecule has 0 unspecified atom stereocenters. The summed E-state index contributed by atoms with van der Waals surface area (Å²) in [6.07, 6.45) is -0.138. The quantitative estimate of drug-likeness (QED) is 0.185. The van der Waals surface area contributed by atoms with Gasteiger partial charge in [0.1, 0.15) is 5.65 Å². The van der Waals surface area contributed by atoms with Crippen LogP contribution in [-0.2, 0) is 22.6 Å². The van der Waals surface area contributed by atoms with Crippen LogP contribution in [0.2, 0.25) is 0 Å². The van der Waals surface area contributed by atoms with Gasteiger partial charge in [-0.05, 0) is 106 Å². The standard InChI is InChI=1S/C38H39F3N6O3S/c1-46-20-16-30(17-21-46)51(49,50)34-9-5-3-7-31(34)32-22-28-23-43-37(44-29-12-10-25(11-13-29)26-14-18-42-19-15-26)45-35(28)47(36(32)48)24-27-6-2-4-8-33(27)38(39,40)41/h2-13,22-23,26,30,42H,14-21,24H2,1H3,(H,43,44,45). The number of piperidine rings is 2. The van der Waals surface area contributed by atoms with E-state index in [4.69, 9.17) is 0 Å². The van der Waals surface area contributed by atoms with Crippen LogP contribution in [0, 0.1) is 0 Å². The molecule has 9 nitrogen and oxygen atoms in total. The average molecular weight is 717 g/mol. The van der Waals surface area contributed by atoms with Crippen molar-refractivity contribution in [2.75, 3.05) is 38.5 Å². The van der Waals surface area contributed by atoms with Crippen molar-refractivity contribution in [1.29, 1.82) is 0 Å². The molecule has 4 heterocycles. The van der Waals surface area contributed by atoms with Crippen molar-refractivity contribution in [3.63, 3.8) is 0 Å². The Balaban J connectivity index is 1.32. The van der Waals surface area contributed by atoms with Gasteiger partial charge in [-0.1, -0.05) is 48.5 Å². The molecule has 2 fully saturated rings. The summed E-state index contributed by atoms with van der Waals surface area (Å²) in [4.78, 5) is 25.7. The predicted molar refractivity (Wildman–Crippen MR) is 192 cm³/mol. The maximum atomic E-state index is 14.5. The van der Waals surface area contributed by atoms with Crippen LogP contribution in [-0.4, -0.2) is 66.3 Å². The molecule has 0 aliphatic carbocycles. The number of hydrogen-bond donors (Lipinski definition) is 2. The number of halogens is 3. The molecular formula is C38H39F3N6O3S. The highest BCUT2D eigenvalue weighted by Crippen LogP contribution is 2.35. The molecule has 51 heavy (non-hydrogen) atoms. The van der Waals surface area contributed by atoms with E-state index in [1.165, 1.54) is 46.7 Å². The highest BCUT2D eigenvalue weighted by molar-refractivity contribution is 7.92. The van der Waals surface area contributed by atoms with E-state index >= 15 is 0 Å². The van der Waals surface area contributed by atoms with Gasteiger partial charge in [-0.15, -0.1) is 0 Å². The van der Waals surface area contributed by atoms with Crippen LogP contribution >= 0.6 is 0 Å². The van der Waals surface area contributed by atoms with Gasteiger partial charge < -0.3 is 15.5 Å². The zero-order valence-corrected chi connectivity index (χ0v) is 29.0. The summed E-state index contributed by atoms with van der Waals surface area (Å²) in [5, 5.41) is 6.30. The van der Waals surface area contributed by atoms with Crippen molar-refractivity contribution >= 4 is 32.5 Å². The van der Waals surface area contributed by atoms with Crippen molar-refractivity contribution in [3.05, 3.63) is 112 Å². The normalized spacial score (nSPS) is 16.8. The summed E-state index contributed by atoms with van der Waals surface area (Å²) >= 11 is 0. The fraction of sp³-hybridized carbons (Fsp3) is 0.342. The molecule has 0 amide bonds. The molecule has 2 saturated heterocycles. The fourth-order valence-electron chi connectivity index (χ4n) is 7.20. The molecule has 2 N–H and O–H groups in total. The second kappa shape index (κ2) is 14.2. The largest absolute Gasteiger partial charge is 0.416 e. The molecule has 5 aromatic rings. The molecule has 2 aliphatic heterocycles. The third kappa shape index (κ3) is 7.28. The molecule has 0 bridgehead atoms. The molecule has 2 aliphatic rings. The van der Waals surface area contributed by atoms with Crippen molar-refractivity contribution in [1.82, 2.24) is 24.8 Å². The minimum Gasteiger partial charge on any atom is -0.324 e. The molecule has 13 heteroatoms. The lowest BCUT2D eigenvalue weighted by Gasteiger charge is -2.29. The molecule has 0 saturated carbocycles. The van der Waals surface area contributed by atoms with E-state index in [1.54, 1.807) is 18.2 Å². The predicted octanol–water partition coefficient (Wildman–Crippen LogP) is 6.60. The summed E-state index contributed by atoms with van der Waals surface area (Å²) in [6.45, 7) is 2.76. The van der Waals surface area contributed by atoms with Gasteiger partial charge in [0.15, 0.2) is 9.84 Å². The van der Waals surface area contributed by atoms with Gasteiger partial charge >= 0.3 is 6.18 Å².